The Kier molecular flexibility index (Phi) is 5.72. The quantitative estimate of drug-likeness (QED) is 0.610. The maximum Gasteiger partial charge on any atom is 0.274 e. The summed E-state index contributed by atoms with van der Waals surface area (Å²) in [6, 6.07) is 6.80. The lowest BCUT2D eigenvalue weighted by atomic mass is 9.91. The molecule has 3 heteroatoms. The molecular formula is C23H32N2O. The Morgan fingerprint density at radius 3 is 2.12 bits per heavy atom. The van der Waals surface area contributed by atoms with Crippen LogP contribution in [0.2, 0.25) is 0 Å². The second kappa shape index (κ2) is 8.37. The van der Waals surface area contributed by atoms with Crippen LogP contribution in [0.1, 0.15) is 101 Å². The van der Waals surface area contributed by atoms with Crippen LogP contribution in [-0.2, 0) is 0 Å². The molecule has 4 rings (SSSR count). The van der Waals surface area contributed by atoms with Crippen LogP contribution >= 0.6 is 0 Å². The second-order valence-electron chi connectivity index (χ2n) is 8.43. The fraction of sp³-hybridized carbons (Fsp3) is 0.652. The SMILES string of the molecule is O=c1c2ccc(C3CCCCCC3)cc2cnn1C1CCCCCCC1. The first-order valence-corrected chi connectivity index (χ1v) is 10.8. The van der Waals surface area contributed by atoms with Gasteiger partial charge in [-0.3, -0.25) is 4.79 Å². The number of rotatable bonds is 2. The van der Waals surface area contributed by atoms with Crippen molar-refractivity contribution in [1.82, 2.24) is 9.78 Å². The van der Waals surface area contributed by atoms with Gasteiger partial charge in [-0.2, -0.15) is 5.10 Å². The van der Waals surface area contributed by atoms with Gasteiger partial charge >= 0.3 is 0 Å². The highest BCUT2D eigenvalue weighted by Crippen LogP contribution is 2.33. The predicted octanol–water partition coefficient (Wildman–Crippen LogP) is 6.12. The molecule has 0 saturated heterocycles. The summed E-state index contributed by atoms with van der Waals surface area (Å²) in [5.41, 5.74) is 1.52. The highest BCUT2D eigenvalue weighted by atomic mass is 16.1. The fourth-order valence-electron chi connectivity index (χ4n) is 4.99. The van der Waals surface area contributed by atoms with Gasteiger partial charge in [0.25, 0.3) is 5.56 Å². The van der Waals surface area contributed by atoms with Crippen molar-refractivity contribution >= 4 is 10.8 Å². The molecule has 3 nitrogen and oxygen atoms in total. The van der Waals surface area contributed by atoms with E-state index >= 15 is 0 Å². The van der Waals surface area contributed by atoms with E-state index in [-0.39, 0.29) is 11.6 Å². The molecule has 1 aromatic carbocycles. The molecule has 0 amide bonds. The van der Waals surface area contributed by atoms with E-state index < -0.39 is 0 Å². The maximum absolute atomic E-state index is 13.1. The van der Waals surface area contributed by atoms with E-state index in [4.69, 9.17) is 0 Å². The van der Waals surface area contributed by atoms with Crippen LogP contribution in [0.3, 0.4) is 0 Å². The summed E-state index contributed by atoms with van der Waals surface area (Å²) in [7, 11) is 0. The van der Waals surface area contributed by atoms with Gasteiger partial charge in [0.15, 0.2) is 0 Å². The molecule has 1 heterocycles. The second-order valence-corrected chi connectivity index (χ2v) is 8.43. The summed E-state index contributed by atoms with van der Waals surface area (Å²) in [6.45, 7) is 0. The van der Waals surface area contributed by atoms with Gasteiger partial charge in [-0.1, -0.05) is 63.9 Å². The summed E-state index contributed by atoms with van der Waals surface area (Å²) < 4.78 is 1.79. The number of aromatic nitrogens is 2. The predicted molar refractivity (Wildman–Crippen MR) is 108 cm³/mol. The van der Waals surface area contributed by atoms with E-state index in [2.05, 4.69) is 23.3 Å². The standard InChI is InChI=1S/C23H32N2O/c26-23-22-15-14-19(18-10-6-4-5-7-11-18)16-20(22)17-24-25(23)21-12-8-2-1-3-9-13-21/h14-18,21H,1-13H2. The molecule has 140 valence electrons. The van der Waals surface area contributed by atoms with Crippen molar-refractivity contribution in [3.8, 4) is 0 Å². The first-order chi connectivity index (χ1) is 12.8. The zero-order chi connectivity index (χ0) is 17.8. The molecule has 2 fully saturated rings. The lowest BCUT2D eigenvalue weighted by molar-refractivity contribution is 0.338. The number of hydrogen-bond donors (Lipinski definition) is 0. The third kappa shape index (κ3) is 3.87. The zero-order valence-corrected chi connectivity index (χ0v) is 16.0. The average Bonchev–Trinajstić information content (AvgIpc) is 2.92. The third-order valence-electron chi connectivity index (χ3n) is 6.58. The van der Waals surface area contributed by atoms with E-state index in [0.29, 0.717) is 5.92 Å². The van der Waals surface area contributed by atoms with Crippen molar-refractivity contribution in [3.05, 3.63) is 40.3 Å². The van der Waals surface area contributed by atoms with E-state index in [9.17, 15) is 4.79 Å². The van der Waals surface area contributed by atoms with Crippen molar-refractivity contribution in [1.29, 1.82) is 0 Å². The molecular weight excluding hydrogens is 320 g/mol. The minimum Gasteiger partial charge on any atom is -0.267 e. The molecule has 1 aromatic heterocycles. The van der Waals surface area contributed by atoms with Gasteiger partial charge in [-0.05, 0) is 49.3 Å². The van der Waals surface area contributed by atoms with Gasteiger partial charge in [-0.15, -0.1) is 0 Å². The Morgan fingerprint density at radius 2 is 1.42 bits per heavy atom. The van der Waals surface area contributed by atoms with Gasteiger partial charge in [0.1, 0.15) is 0 Å². The van der Waals surface area contributed by atoms with Crippen LogP contribution in [0, 0.1) is 0 Å². The number of nitrogens with zero attached hydrogens (tertiary/aromatic N) is 2. The van der Waals surface area contributed by atoms with Crippen LogP contribution in [0.4, 0.5) is 0 Å². The lowest BCUT2D eigenvalue weighted by Crippen LogP contribution is -2.28. The minimum absolute atomic E-state index is 0.112. The lowest BCUT2D eigenvalue weighted by Gasteiger charge is -2.21. The molecule has 0 bridgehead atoms. The summed E-state index contributed by atoms with van der Waals surface area (Å²) in [5.74, 6) is 0.662. The molecule has 2 saturated carbocycles. The van der Waals surface area contributed by atoms with E-state index in [1.165, 1.54) is 76.2 Å². The summed E-state index contributed by atoms with van der Waals surface area (Å²) in [4.78, 5) is 13.1. The maximum atomic E-state index is 13.1. The highest BCUT2D eigenvalue weighted by molar-refractivity contribution is 5.81. The Hall–Kier alpha value is -1.64. The van der Waals surface area contributed by atoms with Crippen LogP contribution in [-0.4, -0.2) is 9.78 Å². The Labute approximate surface area is 156 Å². The molecule has 0 radical (unpaired) electrons. The topological polar surface area (TPSA) is 34.9 Å². The van der Waals surface area contributed by atoms with Gasteiger partial charge < -0.3 is 0 Å². The van der Waals surface area contributed by atoms with Crippen LogP contribution in [0.5, 0.6) is 0 Å². The largest absolute Gasteiger partial charge is 0.274 e. The van der Waals surface area contributed by atoms with Crippen LogP contribution < -0.4 is 5.56 Å². The summed E-state index contributed by atoms with van der Waals surface area (Å²) >= 11 is 0. The number of fused-ring (bicyclic) bond motifs is 1. The van der Waals surface area contributed by atoms with Gasteiger partial charge in [0.05, 0.1) is 17.6 Å². The Morgan fingerprint density at radius 1 is 0.808 bits per heavy atom. The summed E-state index contributed by atoms with van der Waals surface area (Å²) in [6.07, 6.45) is 18.5. The number of benzene rings is 1. The van der Waals surface area contributed by atoms with Crippen molar-refractivity contribution < 1.29 is 0 Å². The first kappa shape index (κ1) is 17.8. The van der Waals surface area contributed by atoms with E-state index in [0.717, 1.165) is 23.6 Å². The third-order valence-corrected chi connectivity index (χ3v) is 6.58. The molecule has 0 unspecified atom stereocenters. The first-order valence-electron chi connectivity index (χ1n) is 10.8. The van der Waals surface area contributed by atoms with Gasteiger partial charge in [0, 0.05) is 5.39 Å². The van der Waals surface area contributed by atoms with Crippen molar-refractivity contribution in [2.24, 2.45) is 0 Å². The van der Waals surface area contributed by atoms with Crippen molar-refractivity contribution in [2.45, 2.75) is 95.4 Å². The molecule has 2 aromatic rings. The number of hydrogen-bond acceptors (Lipinski definition) is 2. The average molecular weight is 353 g/mol. The minimum atomic E-state index is 0.112. The molecule has 26 heavy (non-hydrogen) atoms. The smallest absolute Gasteiger partial charge is 0.267 e. The normalized spacial score (nSPS) is 21.2. The molecule has 0 aliphatic heterocycles. The molecule has 2 aliphatic rings. The van der Waals surface area contributed by atoms with Gasteiger partial charge in [-0.25, -0.2) is 4.68 Å². The molecule has 0 spiro atoms. The zero-order valence-electron chi connectivity index (χ0n) is 16.0. The van der Waals surface area contributed by atoms with Gasteiger partial charge in [0.2, 0.25) is 0 Å². The van der Waals surface area contributed by atoms with Crippen molar-refractivity contribution in [3.63, 3.8) is 0 Å². The molecule has 2 aliphatic carbocycles. The van der Waals surface area contributed by atoms with E-state index in [1.54, 1.807) is 4.68 Å². The Bertz CT molecular complexity index is 778. The fourth-order valence-corrected chi connectivity index (χ4v) is 4.99. The van der Waals surface area contributed by atoms with Crippen LogP contribution in [0.15, 0.2) is 29.2 Å². The highest BCUT2D eigenvalue weighted by Gasteiger charge is 2.18. The molecule has 0 N–H and O–H groups in total. The van der Waals surface area contributed by atoms with Crippen molar-refractivity contribution in [2.75, 3.05) is 0 Å². The monoisotopic (exact) mass is 352 g/mol. The summed E-state index contributed by atoms with van der Waals surface area (Å²) in [5, 5.41) is 6.48. The Balaban J connectivity index is 1.63. The van der Waals surface area contributed by atoms with E-state index in [1.807, 2.05) is 6.20 Å². The molecule has 0 atom stereocenters. The van der Waals surface area contributed by atoms with Crippen LogP contribution in [0.25, 0.3) is 10.8 Å².